The zero-order valence-corrected chi connectivity index (χ0v) is 13.3. The van der Waals surface area contributed by atoms with Crippen LogP contribution < -0.4 is 5.32 Å². The molecule has 0 spiro atoms. The normalized spacial score (nSPS) is 25.9. The van der Waals surface area contributed by atoms with E-state index in [1.165, 1.54) is 6.42 Å². The summed E-state index contributed by atoms with van der Waals surface area (Å²) in [7, 11) is 0. The Hall–Kier alpha value is -1.53. The molecule has 0 aromatic rings. The minimum atomic E-state index is -4.43. The molecule has 0 unspecified atom stereocenters. The number of nitrogens with one attached hydrogen (secondary N) is 1. The number of halogens is 3. The molecule has 1 aliphatic heterocycles. The van der Waals surface area contributed by atoms with Gasteiger partial charge in [0.1, 0.15) is 6.04 Å². The molecule has 1 saturated heterocycles. The van der Waals surface area contributed by atoms with Crippen molar-refractivity contribution < 1.29 is 22.8 Å². The van der Waals surface area contributed by atoms with E-state index in [1.807, 2.05) is 0 Å². The van der Waals surface area contributed by atoms with Crippen LogP contribution in [0.4, 0.5) is 13.2 Å². The van der Waals surface area contributed by atoms with E-state index < -0.39 is 24.2 Å². The highest BCUT2D eigenvalue weighted by Gasteiger charge is 2.47. The van der Waals surface area contributed by atoms with Gasteiger partial charge in [-0.3, -0.25) is 9.59 Å². The van der Waals surface area contributed by atoms with Crippen LogP contribution in [0.15, 0.2) is 11.6 Å². The maximum Gasteiger partial charge on any atom is 0.408 e. The molecule has 130 valence electrons. The molecule has 2 aliphatic rings. The minimum absolute atomic E-state index is 0.0889. The van der Waals surface area contributed by atoms with Crippen LogP contribution in [0, 0.1) is 0 Å². The first-order valence-corrected chi connectivity index (χ1v) is 8.11. The molecular formula is C16H23F3N2O2. The van der Waals surface area contributed by atoms with Crippen molar-refractivity contribution in [1.29, 1.82) is 0 Å². The minimum Gasteiger partial charge on any atom is -0.348 e. The molecule has 2 rings (SSSR count). The number of piperidine rings is 1. The topological polar surface area (TPSA) is 49.4 Å². The Bertz CT molecular complexity index is 480. The van der Waals surface area contributed by atoms with Crippen molar-refractivity contribution in [2.75, 3.05) is 6.54 Å². The second-order valence-electron chi connectivity index (χ2n) is 6.37. The van der Waals surface area contributed by atoms with Gasteiger partial charge < -0.3 is 10.2 Å². The van der Waals surface area contributed by atoms with Crippen molar-refractivity contribution >= 4 is 11.8 Å². The van der Waals surface area contributed by atoms with Gasteiger partial charge in [-0.1, -0.05) is 12.0 Å². The first kappa shape index (κ1) is 17.8. The number of amides is 2. The van der Waals surface area contributed by atoms with E-state index in [2.05, 4.69) is 5.32 Å². The van der Waals surface area contributed by atoms with Gasteiger partial charge in [0.2, 0.25) is 11.8 Å². The van der Waals surface area contributed by atoms with Crippen molar-refractivity contribution in [3.63, 3.8) is 0 Å². The lowest BCUT2D eigenvalue weighted by Crippen LogP contribution is -2.57. The number of hydrogen-bond acceptors (Lipinski definition) is 2. The fourth-order valence-electron chi connectivity index (χ4n) is 3.36. The van der Waals surface area contributed by atoms with Crippen molar-refractivity contribution in [3.05, 3.63) is 11.6 Å². The number of rotatable bonds is 2. The Kier molecular flexibility index (Phi) is 5.70. The summed E-state index contributed by atoms with van der Waals surface area (Å²) < 4.78 is 38.9. The standard InChI is InChI=1S/C16H23F3N2O2/c1-11(22)21-10-13(7-8-14(21)16(17,18)19)20-15(23)9-12-5-3-2-4-6-12/h9,13-14H,2-8,10H2,1H3,(H,20,23)/t13-,14-/m1/s1. The maximum absolute atomic E-state index is 13.0. The summed E-state index contributed by atoms with van der Waals surface area (Å²) in [6.07, 6.45) is 2.35. The van der Waals surface area contributed by atoms with Crippen molar-refractivity contribution in [2.45, 2.75) is 70.1 Å². The molecule has 1 aliphatic carbocycles. The smallest absolute Gasteiger partial charge is 0.348 e. The number of carbonyl (C=O) groups is 2. The summed E-state index contributed by atoms with van der Waals surface area (Å²) in [6, 6.07) is -2.17. The molecule has 2 amide bonds. The molecule has 7 heteroatoms. The van der Waals surface area contributed by atoms with Crippen LogP contribution in [0.3, 0.4) is 0 Å². The molecule has 0 aromatic heterocycles. The van der Waals surface area contributed by atoms with Crippen LogP contribution in [-0.2, 0) is 9.59 Å². The summed E-state index contributed by atoms with van der Waals surface area (Å²) >= 11 is 0. The number of carbonyl (C=O) groups excluding carboxylic acids is 2. The molecule has 2 atom stereocenters. The van der Waals surface area contributed by atoms with E-state index in [0.29, 0.717) is 0 Å². The van der Waals surface area contributed by atoms with Crippen LogP contribution in [0.1, 0.15) is 51.9 Å². The van der Waals surface area contributed by atoms with Gasteiger partial charge in [-0.05, 0) is 38.5 Å². The molecule has 0 radical (unpaired) electrons. The van der Waals surface area contributed by atoms with Crippen LogP contribution in [0.5, 0.6) is 0 Å². The van der Waals surface area contributed by atoms with E-state index >= 15 is 0 Å². The van der Waals surface area contributed by atoms with E-state index in [9.17, 15) is 22.8 Å². The molecule has 2 fully saturated rings. The summed E-state index contributed by atoms with van der Waals surface area (Å²) in [6.45, 7) is 1.04. The Morgan fingerprint density at radius 1 is 1.17 bits per heavy atom. The number of nitrogens with zero attached hydrogens (tertiary/aromatic N) is 1. The van der Waals surface area contributed by atoms with Gasteiger partial charge in [0, 0.05) is 25.6 Å². The second-order valence-corrected chi connectivity index (χ2v) is 6.37. The second kappa shape index (κ2) is 7.36. The Balaban J connectivity index is 1.94. The van der Waals surface area contributed by atoms with Crippen LogP contribution >= 0.6 is 0 Å². The number of alkyl halides is 3. The van der Waals surface area contributed by atoms with E-state index in [1.54, 1.807) is 6.08 Å². The molecule has 23 heavy (non-hydrogen) atoms. The number of hydrogen-bond donors (Lipinski definition) is 1. The average Bonchev–Trinajstić information content (AvgIpc) is 2.46. The van der Waals surface area contributed by atoms with Gasteiger partial charge >= 0.3 is 6.18 Å². The highest BCUT2D eigenvalue weighted by atomic mass is 19.4. The summed E-state index contributed by atoms with van der Waals surface area (Å²) in [5.41, 5.74) is 1.10. The fourth-order valence-corrected chi connectivity index (χ4v) is 3.36. The van der Waals surface area contributed by atoms with Crippen molar-refractivity contribution in [2.24, 2.45) is 0 Å². The summed E-state index contributed by atoms with van der Waals surface area (Å²) in [5, 5.41) is 2.75. The molecule has 0 bridgehead atoms. The van der Waals surface area contributed by atoms with Gasteiger partial charge in [-0.25, -0.2) is 0 Å². The largest absolute Gasteiger partial charge is 0.408 e. The average molecular weight is 332 g/mol. The Morgan fingerprint density at radius 2 is 1.83 bits per heavy atom. The lowest BCUT2D eigenvalue weighted by Gasteiger charge is -2.40. The zero-order chi connectivity index (χ0) is 17.0. The molecule has 1 saturated carbocycles. The fraction of sp³-hybridized carbons (Fsp3) is 0.750. The van der Waals surface area contributed by atoms with Crippen LogP contribution in [0.2, 0.25) is 0 Å². The summed E-state index contributed by atoms with van der Waals surface area (Å²) in [5.74, 6) is -0.877. The third-order valence-corrected chi connectivity index (χ3v) is 4.54. The molecule has 1 N–H and O–H groups in total. The monoisotopic (exact) mass is 332 g/mol. The SMILES string of the molecule is CC(=O)N1C[C@H](NC(=O)C=C2CCCCC2)CC[C@@H]1C(F)(F)F. The van der Waals surface area contributed by atoms with Gasteiger partial charge in [0.25, 0.3) is 0 Å². The Labute approximate surface area is 134 Å². The third kappa shape index (κ3) is 4.97. The molecule has 1 heterocycles. The van der Waals surface area contributed by atoms with Crippen LogP contribution in [0.25, 0.3) is 0 Å². The summed E-state index contributed by atoms with van der Waals surface area (Å²) in [4.78, 5) is 24.3. The maximum atomic E-state index is 13.0. The van der Waals surface area contributed by atoms with E-state index in [4.69, 9.17) is 0 Å². The van der Waals surface area contributed by atoms with Crippen molar-refractivity contribution in [3.8, 4) is 0 Å². The Morgan fingerprint density at radius 3 is 2.39 bits per heavy atom. The third-order valence-electron chi connectivity index (χ3n) is 4.54. The number of allylic oxidation sites excluding steroid dienone is 1. The van der Waals surface area contributed by atoms with Gasteiger partial charge in [-0.15, -0.1) is 0 Å². The van der Waals surface area contributed by atoms with Crippen LogP contribution in [-0.4, -0.2) is 41.5 Å². The number of likely N-dealkylation sites (tertiary alicyclic amines) is 1. The first-order valence-electron chi connectivity index (χ1n) is 8.11. The van der Waals surface area contributed by atoms with Crippen molar-refractivity contribution in [1.82, 2.24) is 10.2 Å². The first-order chi connectivity index (χ1) is 10.8. The molecular weight excluding hydrogens is 309 g/mol. The van der Waals surface area contributed by atoms with E-state index in [-0.39, 0.29) is 25.3 Å². The predicted octanol–water partition coefficient (Wildman–Crippen LogP) is 2.93. The predicted molar refractivity (Wildman–Crippen MR) is 79.6 cm³/mol. The van der Waals surface area contributed by atoms with Gasteiger partial charge in [0.15, 0.2) is 0 Å². The molecule has 0 aromatic carbocycles. The lowest BCUT2D eigenvalue weighted by molar-refractivity contribution is -0.196. The van der Waals surface area contributed by atoms with E-state index in [0.717, 1.165) is 43.1 Å². The van der Waals surface area contributed by atoms with Gasteiger partial charge in [-0.2, -0.15) is 13.2 Å². The zero-order valence-electron chi connectivity index (χ0n) is 13.3. The molecule has 4 nitrogen and oxygen atoms in total. The quantitative estimate of drug-likeness (QED) is 0.791. The highest BCUT2D eigenvalue weighted by molar-refractivity contribution is 5.88. The highest BCUT2D eigenvalue weighted by Crippen LogP contribution is 2.32. The lowest BCUT2D eigenvalue weighted by atomic mass is 9.94. The van der Waals surface area contributed by atoms with Gasteiger partial charge in [0.05, 0.1) is 0 Å².